The van der Waals surface area contributed by atoms with Gasteiger partial charge in [-0.3, -0.25) is 9.78 Å². The van der Waals surface area contributed by atoms with E-state index in [0.717, 1.165) is 28.3 Å². The van der Waals surface area contributed by atoms with Gasteiger partial charge in [-0.05, 0) is 42.0 Å². The summed E-state index contributed by atoms with van der Waals surface area (Å²) in [6, 6.07) is 19.1. The second kappa shape index (κ2) is 8.36. The van der Waals surface area contributed by atoms with Gasteiger partial charge >= 0.3 is 0 Å². The molecular weight excluding hydrogens is 340 g/mol. The second-order valence-electron chi connectivity index (χ2n) is 6.26. The van der Waals surface area contributed by atoms with E-state index in [1.807, 2.05) is 54.6 Å². The second-order valence-corrected chi connectivity index (χ2v) is 6.26. The minimum atomic E-state index is -0.0712. The Labute approximate surface area is 159 Å². The fraction of sp³-hybridized carbons (Fsp3) is 0.182. The van der Waals surface area contributed by atoms with Crippen LogP contribution in [0.5, 0.6) is 11.5 Å². The van der Waals surface area contributed by atoms with Crippen LogP contribution in [0.1, 0.15) is 15.9 Å². The first kappa shape index (κ1) is 18.5. The first-order valence-electron chi connectivity index (χ1n) is 8.61. The molecule has 5 nitrogen and oxygen atoms in total. The predicted molar refractivity (Wildman–Crippen MR) is 105 cm³/mol. The molecule has 0 N–H and O–H groups in total. The molecule has 3 rings (SSSR count). The molecule has 5 heteroatoms. The van der Waals surface area contributed by atoms with Crippen LogP contribution in [0, 0.1) is 0 Å². The Balaban J connectivity index is 1.78. The zero-order chi connectivity index (χ0) is 19.2. The van der Waals surface area contributed by atoms with E-state index < -0.39 is 0 Å². The highest BCUT2D eigenvalue weighted by Crippen LogP contribution is 2.29. The number of ether oxygens (including phenoxy) is 2. The maximum Gasteiger partial charge on any atom is 0.254 e. The van der Waals surface area contributed by atoms with Gasteiger partial charge in [0.05, 0.1) is 18.4 Å². The summed E-state index contributed by atoms with van der Waals surface area (Å²) in [4.78, 5) is 18.0. The van der Waals surface area contributed by atoms with Gasteiger partial charge in [0, 0.05) is 25.9 Å². The molecule has 0 saturated heterocycles. The van der Waals surface area contributed by atoms with Crippen LogP contribution in [-0.2, 0) is 6.61 Å². The summed E-state index contributed by atoms with van der Waals surface area (Å²) in [5.41, 5.74) is 3.25. The lowest BCUT2D eigenvalue weighted by Gasteiger charge is -2.13. The van der Waals surface area contributed by atoms with Gasteiger partial charge in [0.2, 0.25) is 0 Å². The summed E-state index contributed by atoms with van der Waals surface area (Å²) in [6.07, 6.45) is 1.60. The van der Waals surface area contributed by atoms with Crippen molar-refractivity contribution in [3.8, 4) is 22.8 Å². The number of methoxy groups -OCH3 is 1. The lowest BCUT2D eigenvalue weighted by molar-refractivity contribution is 0.0827. The van der Waals surface area contributed by atoms with Gasteiger partial charge < -0.3 is 14.4 Å². The number of nitrogens with zero attached hydrogens (tertiary/aromatic N) is 2. The molecule has 3 aromatic rings. The summed E-state index contributed by atoms with van der Waals surface area (Å²) in [5.74, 6) is 1.49. The largest absolute Gasteiger partial charge is 0.497 e. The number of aromatic nitrogens is 1. The molecule has 0 spiro atoms. The number of hydrogen-bond donors (Lipinski definition) is 0. The highest BCUT2D eigenvalue weighted by molar-refractivity contribution is 5.93. The Kier molecular flexibility index (Phi) is 5.71. The average molecular weight is 362 g/mol. The number of carbonyl (C=O) groups is 1. The van der Waals surface area contributed by atoms with Crippen molar-refractivity contribution in [2.24, 2.45) is 0 Å². The molecule has 0 atom stereocenters. The van der Waals surface area contributed by atoms with Gasteiger partial charge in [0.25, 0.3) is 5.91 Å². The summed E-state index contributed by atoms with van der Waals surface area (Å²) in [6.45, 7) is 0.443. The van der Waals surface area contributed by atoms with Crippen LogP contribution in [-0.4, -0.2) is 37.0 Å². The normalized spacial score (nSPS) is 10.3. The van der Waals surface area contributed by atoms with E-state index in [0.29, 0.717) is 12.2 Å². The third kappa shape index (κ3) is 4.44. The fourth-order valence-corrected chi connectivity index (χ4v) is 2.62. The van der Waals surface area contributed by atoms with Crippen molar-refractivity contribution in [1.82, 2.24) is 9.88 Å². The SMILES string of the molecule is COc1ccc(COc2ccccc2-c2ccc(C(=O)N(C)C)cn2)cc1. The molecule has 2 aromatic carbocycles. The Morgan fingerprint density at radius 3 is 2.37 bits per heavy atom. The van der Waals surface area contributed by atoms with E-state index in [9.17, 15) is 4.79 Å². The van der Waals surface area contributed by atoms with E-state index in [2.05, 4.69) is 4.98 Å². The molecule has 0 saturated carbocycles. The minimum Gasteiger partial charge on any atom is -0.497 e. The third-order valence-electron chi connectivity index (χ3n) is 4.13. The van der Waals surface area contributed by atoms with Gasteiger partial charge in [-0.2, -0.15) is 0 Å². The molecule has 138 valence electrons. The van der Waals surface area contributed by atoms with E-state index in [1.165, 1.54) is 4.90 Å². The molecule has 0 radical (unpaired) electrons. The molecule has 1 heterocycles. The molecule has 0 bridgehead atoms. The Bertz CT molecular complexity index is 904. The van der Waals surface area contributed by atoms with E-state index in [4.69, 9.17) is 9.47 Å². The van der Waals surface area contributed by atoms with E-state index in [-0.39, 0.29) is 5.91 Å². The summed E-state index contributed by atoms with van der Waals surface area (Å²) in [5, 5.41) is 0. The number of amides is 1. The molecule has 0 fully saturated rings. The lowest BCUT2D eigenvalue weighted by atomic mass is 10.1. The van der Waals surface area contributed by atoms with Crippen LogP contribution < -0.4 is 9.47 Å². The Morgan fingerprint density at radius 2 is 1.74 bits per heavy atom. The lowest BCUT2D eigenvalue weighted by Crippen LogP contribution is -2.21. The van der Waals surface area contributed by atoms with Crippen molar-refractivity contribution < 1.29 is 14.3 Å². The quantitative estimate of drug-likeness (QED) is 0.664. The predicted octanol–water partition coefficient (Wildman–Crippen LogP) is 4.04. The monoisotopic (exact) mass is 362 g/mol. The van der Waals surface area contributed by atoms with Crippen molar-refractivity contribution in [3.63, 3.8) is 0 Å². The summed E-state index contributed by atoms with van der Waals surface area (Å²) < 4.78 is 11.2. The average Bonchev–Trinajstić information content (AvgIpc) is 2.72. The van der Waals surface area contributed by atoms with Crippen molar-refractivity contribution in [1.29, 1.82) is 0 Å². The molecule has 27 heavy (non-hydrogen) atoms. The third-order valence-corrected chi connectivity index (χ3v) is 4.13. The standard InChI is InChI=1S/C22H22N2O3/c1-24(2)22(25)17-10-13-20(23-14-17)19-6-4-5-7-21(19)27-15-16-8-11-18(26-3)12-9-16/h4-14H,15H2,1-3H3. The number of pyridine rings is 1. The number of carbonyl (C=O) groups excluding carboxylic acids is 1. The van der Waals surface area contributed by atoms with Gasteiger partial charge in [-0.1, -0.05) is 24.3 Å². The number of benzene rings is 2. The van der Waals surface area contributed by atoms with Gasteiger partial charge in [-0.15, -0.1) is 0 Å². The molecule has 0 aliphatic rings. The summed E-state index contributed by atoms with van der Waals surface area (Å²) in [7, 11) is 5.09. The zero-order valence-electron chi connectivity index (χ0n) is 15.7. The van der Waals surface area contributed by atoms with Crippen LogP contribution in [0.15, 0.2) is 66.9 Å². The van der Waals surface area contributed by atoms with E-state index >= 15 is 0 Å². The van der Waals surface area contributed by atoms with Gasteiger partial charge in [-0.25, -0.2) is 0 Å². The van der Waals surface area contributed by atoms with Gasteiger partial charge in [0.1, 0.15) is 18.1 Å². The number of hydrogen-bond acceptors (Lipinski definition) is 4. The van der Waals surface area contributed by atoms with Crippen LogP contribution in [0.2, 0.25) is 0 Å². The molecule has 0 unspecified atom stereocenters. The van der Waals surface area contributed by atoms with Crippen LogP contribution in [0.25, 0.3) is 11.3 Å². The maximum atomic E-state index is 12.0. The molecule has 1 aromatic heterocycles. The Hall–Kier alpha value is -3.34. The first-order valence-corrected chi connectivity index (χ1v) is 8.61. The maximum absolute atomic E-state index is 12.0. The molecule has 0 aliphatic carbocycles. The van der Waals surface area contributed by atoms with Gasteiger partial charge in [0.15, 0.2) is 0 Å². The van der Waals surface area contributed by atoms with Crippen LogP contribution >= 0.6 is 0 Å². The molecule has 0 aliphatic heterocycles. The summed E-state index contributed by atoms with van der Waals surface area (Å²) >= 11 is 0. The van der Waals surface area contributed by atoms with E-state index in [1.54, 1.807) is 33.5 Å². The number of para-hydroxylation sites is 1. The minimum absolute atomic E-state index is 0.0712. The molecular formula is C22H22N2O3. The highest BCUT2D eigenvalue weighted by Gasteiger charge is 2.11. The highest BCUT2D eigenvalue weighted by atomic mass is 16.5. The molecule has 1 amide bonds. The van der Waals surface area contributed by atoms with Crippen molar-refractivity contribution in [2.75, 3.05) is 21.2 Å². The topological polar surface area (TPSA) is 51.7 Å². The number of rotatable bonds is 6. The zero-order valence-corrected chi connectivity index (χ0v) is 15.7. The van der Waals surface area contributed by atoms with Crippen LogP contribution in [0.3, 0.4) is 0 Å². The van der Waals surface area contributed by atoms with Crippen molar-refractivity contribution in [2.45, 2.75) is 6.61 Å². The van der Waals surface area contributed by atoms with Crippen molar-refractivity contribution >= 4 is 5.91 Å². The smallest absolute Gasteiger partial charge is 0.254 e. The van der Waals surface area contributed by atoms with Crippen molar-refractivity contribution in [3.05, 3.63) is 78.0 Å². The fourth-order valence-electron chi connectivity index (χ4n) is 2.62. The Morgan fingerprint density at radius 1 is 1.00 bits per heavy atom. The first-order chi connectivity index (χ1) is 13.1. The van der Waals surface area contributed by atoms with Crippen LogP contribution in [0.4, 0.5) is 0 Å².